The van der Waals surface area contributed by atoms with Gasteiger partial charge in [-0.3, -0.25) is 10.1 Å². The summed E-state index contributed by atoms with van der Waals surface area (Å²) < 4.78 is 5.37. The van der Waals surface area contributed by atoms with E-state index in [1.54, 1.807) is 6.92 Å². The van der Waals surface area contributed by atoms with Gasteiger partial charge in [0.05, 0.1) is 11.5 Å². The van der Waals surface area contributed by atoms with Gasteiger partial charge in [-0.05, 0) is 20.3 Å². The van der Waals surface area contributed by atoms with Crippen molar-refractivity contribution < 1.29 is 9.66 Å². The summed E-state index contributed by atoms with van der Waals surface area (Å²) in [6.07, 6.45) is 1.79. The average Bonchev–Trinajstić information content (AvgIpc) is 2.28. The molecule has 1 N–H and O–H groups in total. The van der Waals surface area contributed by atoms with Crippen molar-refractivity contribution in [2.24, 2.45) is 0 Å². The lowest BCUT2D eigenvalue weighted by Crippen LogP contribution is -2.09. The lowest BCUT2D eigenvalue weighted by atomic mass is 10.3. The van der Waals surface area contributed by atoms with Crippen LogP contribution in [0.5, 0.6) is 5.88 Å². The van der Waals surface area contributed by atoms with Crippen LogP contribution in [0.3, 0.4) is 0 Å². The van der Waals surface area contributed by atoms with E-state index < -0.39 is 4.92 Å². The molecule has 0 saturated heterocycles. The van der Waals surface area contributed by atoms with Gasteiger partial charge in [0.1, 0.15) is 5.69 Å². The van der Waals surface area contributed by atoms with Crippen molar-refractivity contribution in [1.29, 1.82) is 0 Å². The van der Waals surface area contributed by atoms with E-state index >= 15 is 0 Å². The van der Waals surface area contributed by atoms with E-state index in [1.807, 2.05) is 13.8 Å². The number of unbranched alkanes of at least 4 members (excludes halogenated alkanes) is 1. The van der Waals surface area contributed by atoms with Crippen molar-refractivity contribution in [1.82, 2.24) is 9.97 Å². The maximum absolute atomic E-state index is 11.0. The molecule has 0 amide bonds. The first-order valence-electron chi connectivity index (χ1n) is 5.99. The lowest BCUT2D eigenvalue weighted by Gasteiger charge is -2.09. The van der Waals surface area contributed by atoms with Gasteiger partial charge in [0, 0.05) is 6.54 Å². The molecule has 0 aromatic carbocycles. The van der Waals surface area contributed by atoms with Gasteiger partial charge >= 0.3 is 5.69 Å². The summed E-state index contributed by atoms with van der Waals surface area (Å²) in [6.45, 7) is 6.56. The predicted molar refractivity (Wildman–Crippen MR) is 68.0 cm³/mol. The molecule has 0 saturated carbocycles. The molecular formula is C11H18N4O3. The zero-order valence-electron chi connectivity index (χ0n) is 10.9. The van der Waals surface area contributed by atoms with E-state index in [1.165, 1.54) is 0 Å². The third kappa shape index (κ3) is 3.54. The molecule has 0 fully saturated rings. The number of nitrogens with zero attached hydrogens (tertiary/aromatic N) is 3. The maximum Gasteiger partial charge on any atom is 0.352 e. The Hall–Kier alpha value is -1.92. The molecule has 1 rings (SSSR count). The Morgan fingerprint density at radius 2 is 2.11 bits per heavy atom. The molecule has 1 aromatic rings. The minimum absolute atomic E-state index is 0.0388. The van der Waals surface area contributed by atoms with Gasteiger partial charge in [0.2, 0.25) is 5.95 Å². The highest BCUT2D eigenvalue weighted by atomic mass is 16.6. The van der Waals surface area contributed by atoms with Crippen LogP contribution in [0.1, 0.15) is 32.4 Å². The summed E-state index contributed by atoms with van der Waals surface area (Å²) in [6, 6.07) is 0. The molecule has 0 bridgehead atoms. The van der Waals surface area contributed by atoms with Crippen LogP contribution in [0.4, 0.5) is 11.6 Å². The second-order valence-electron chi connectivity index (χ2n) is 3.78. The van der Waals surface area contributed by atoms with E-state index in [4.69, 9.17) is 4.74 Å². The fourth-order valence-corrected chi connectivity index (χ4v) is 1.40. The first kappa shape index (κ1) is 14.1. The molecule has 0 aliphatic rings. The molecule has 0 aliphatic heterocycles. The molecule has 0 aliphatic carbocycles. The summed E-state index contributed by atoms with van der Waals surface area (Å²) in [5, 5.41) is 13.9. The number of hydrogen-bond donors (Lipinski definition) is 1. The minimum Gasteiger partial charge on any atom is -0.473 e. The van der Waals surface area contributed by atoms with Crippen LogP contribution in [-0.2, 0) is 0 Å². The SMILES string of the molecule is CCCCOc1nc(NCC)nc(C)c1[N+](=O)[O-]. The van der Waals surface area contributed by atoms with Crippen LogP contribution in [0.2, 0.25) is 0 Å². The van der Waals surface area contributed by atoms with Crippen LogP contribution in [0.15, 0.2) is 0 Å². The van der Waals surface area contributed by atoms with Gasteiger partial charge in [-0.2, -0.15) is 4.98 Å². The Labute approximate surface area is 106 Å². The number of aromatic nitrogens is 2. The number of rotatable bonds is 7. The Morgan fingerprint density at radius 1 is 1.39 bits per heavy atom. The quantitative estimate of drug-likeness (QED) is 0.456. The van der Waals surface area contributed by atoms with E-state index in [2.05, 4.69) is 15.3 Å². The standard InChI is InChI=1S/C11H18N4O3/c1-4-6-7-18-10-9(15(16)17)8(3)13-11(14-10)12-5-2/h4-7H2,1-3H3,(H,12,13,14). The number of aryl methyl sites for hydroxylation is 1. The zero-order chi connectivity index (χ0) is 13.5. The van der Waals surface area contributed by atoms with Gasteiger partial charge in [0.15, 0.2) is 0 Å². The Morgan fingerprint density at radius 3 is 2.67 bits per heavy atom. The largest absolute Gasteiger partial charge is 0.473 e. The monoisotopic (exact) mass is 254 g/mol. The molecule has 0 unspecified atom stereocenters. The van der Waals surface area contributed by atoms with Crippen LogP contribution in [-0.4, -0.2) is 28.0 Å². The number of nitrogens with one attached hydrogen (secondary N) is 1. The third-order valence-corrected chi connectivity index (χ3v) is 2.28. The Bertz CT molecular complexity index is 423. The average molecular weight is 254 g/mol. The summed E-state index contributed by atoms with van der Waals surface area (Å²) in [5.74, 6) is 0.393. The van der Waals surface area contributed by atoms with Crippen molar-refractivity contribution in [3.8, 4) is 5.88 Å². The van der Waals surface area contributed by atoms with E-state index in [0.29, 0.717) is 24.8 Å². The van der Waals surface area contributed by atoms with Gasteiger partial charge in [-0.1, -0.05) is 13.3 Å². The van der Waals surface area contributed by atoms with Crippen molar-refractivity contribution in [3.63, 3.8) is 0 Å². The molecule has 18 heavy (non-hydrogen) atoms. The third-order valence-electron chi connectivity index (χ3n) is 2.28. The number of anilines is 1. The first-order valence-corrected chi connectivity index (χ1v) is 5.99. The van der Waals surface area contributed by atoms with Gasteiger partial charge in [0.25, 0.3) is 5.88 Å². The van der Waals surface area contributed by atoms with Crippen LogP contribution in [0.25, 0.3) is 0 Å². The Balaban J connectivity index is 3.03. The second-order valence-corrected chi connectivity index (χ2v) is 3.78. The minimum atomic E-state index is -0.508. The molecule has 0 radical (unpaired) electrons. The van der Waals surface area contributed by atoms with Crippen molar-refractivity contribution in [3.05, 3.63) is 15.8 Å². The summed E-state index contributed by atoms with van der Waals surface area (Å²) in [4.78, 5) is 18.5. The lowest BCUT2D eigenvalue weighted by molar-refractivity contribution is -0.387. The highest BCUT2D eigenvalue weighted by molar-refractivity contribution is 5.48. The maximum atomic E-state index is 11.0. The van der Waals surface area contributed by atoms with Crippen LogP contribution in [0, 0.1) is 17.0 Å². The molecule has 0 spiro atoms. The van der Waals surface area contributed by atoms with Crippen LogP contribution >= 0.6 is 0 Å². The molecule has 7 nitrogen and oxygen atoms in total. The summed E-state index contributed by atoms with van der Waals surface area (Å²) in [5.41, 5.74) is 0.144. The van der Waals surface area contributed by atoms with Crippen molar-refractivity contribution in [2.75, 3.05) is 18.5 Å². The molecule has 100 valence electrons. The van der Waals surface area contributed by atoms with E-state index in [9.17, 15) is 10.1 Å². The summed E-state index contributed by atoms with van der Waals surface area (Å²) in [7, 11) is 0. The second kappa shape index (κ2) is 6.73. The molecule has 0 atom stereocenters. The molecular weight excluding hydrogens is 236 g/mol. The van der Waals surface area contributed by atoms with Gasteiger partial charge in [-0.15, -0.1) is 0 Å². The topological polar surface area (TPSA) is 90.2 Å². The smallest absolute Gasteiger partial charge is 0.352 e. The normalized spacial score (nSPS) is 10.2. The Kier molecular flexibility index (Phi) is 5.29. The fourth-order valence-electron chi connectivity index (χ4n) is 1.40. The van der Waals surface area contributed by atoms with Crippen molar-refractivity contribution >= 4 is 11.6 Å². The molecule has 1 heterocycles. The fraction of sp³-hybridized carbons (Fsp3) is 0.636. The summed E-state index contributed by atoms with van der Waals surface area (Å²) >= 11 is 0. The van der Waals surface area contributed by atoms with Crippen molar-refractivity contribution in [2.45, 2.75) is 33.6 Å². The number of nitro groups is 1. The van der Waals surface area contributed by atoms with E-state index in [0.717, 1.165) is 12.8 Å². The predicted octanol–water partition coefficient (Wildman–Crippen LogP) is 2.30. The number of hydrogen-bond acceptors (Lipinski definition) is 6. The van der Waals surface area contributed by atoms with Gasteiger partial charge in [-0.25, -0.2) is 4.98 Å². The van der Waals surface area contributed by atoms with E-state index in [-0.39, 0.29) is 11.6 Å². The molecule has 7 heteroatoms. The molecule has 1 aromatic heterocycles. The first-order chi connectivity index (χ1) is 8.60. The van der Waals surface area contributed by atoms with Gasteiger partial charge < -0.3 is 10.1 Å². The zero-order valence-corrected chi connectivity index (χ0v) is 10.9. The number of ether oxygens (including phenoxy) is 1. The highest BCUT2D eigenvalue weighted by Crippen LogP contribution is 2.28. The van der Waals surface area contributed by atoms with Crippen LogP contribution < -0.4 is 10.1 Å². The highest BCUT2D eigenvalue weighted by Gasteiger charge is 2.23.